The van der Waals surface area contributed by atoms with E-state index in [0.29, 0.717) is 65.4 Å². The van der Waals surface area contributed by atoms with E-state index >= 15 is 4.79 Å². The number of ether oxygens (including phenoxy) is 3. The number of phenols is 2. The summed E-state index contributed by atoms with van der Waals surface area (Å²) in [5.41, 5.74) is 8.43. The van der Waals surface area contributed by atoms with E-state index in [0.717, 1.165) is 151 Å². The van der Waals surface area contributed by atoms with Gasteiger partial charge in [0.25, 0.3) is 0 Å². The highest BCUT2D eigenvalue weighted by atomic mass is 33.1. The van der Waals surface area contributed by atoms with Crippen molar-refractivity contribution in [3.05, 3.63) is 183 Å². The monoisotopic (exact) mass is 1370 g/mol. The van der Waals surface area contributed by atoms with E-state index in [1.807, 2.05) is 48.8 Å². The van der Waals surface area contributed by atoms with Crippen molar-refractivity contribution in [2.75, 3.05) is 44.3 Å². The highest BCUT2D eigenvalue weighted by Crippen LogP contribution is 2.59. The minimum absolute atomic E-state index is 0.00318. The molecule has 3 saturated carbocycles. The van der Waals surface area contributed by atoms with Crippen LogP contribution in [-0.2, 0) is 54.3 Å². The Kier molecular flexibility index (Phi) is 22.1. The van der Waals surface area contributed by atoms with Gasteiger partial charge in [-0.2, -0.15) is 0 Å². The van der Waals surface area contributed by atoms with Gasteiger partial charge in [0.2, 0.25) is 0 Å². The third-order valence-electron chi connectivity index (χ3n) is 23.0. The number of H-pyrrole nitrogens is 1. The largest absolute Gasteiger partial charge is 0.508 e. The molecule has 13 rings (SSSR count). The molecule has 0 unspecified atom stereocenters. The van der Waals surface area contributed by atoms with Gasteiger partial charge in [-0.25, -0.2) is 0 Å². The number of benzene rings is 6. The second kappa shape index (κ2) is 30.7. The topological polar surface area (TPSA) is 194 Å². The second-order valence-electron chi connectivity index (χ2n) is 29.0. The molecule has 6 aromatic carbocycles. The number of aryl methyl sites for hydroxylation is 2. The Balaban J connectivity index is 1.00. The first-order chi connectivity index (χ1) is 46.7. The molecule has 0 radical (unpaired) electrons. The van der Waals surface area contributed by atoms with Crippen molar-refractivity contribution in [1.29, 1.82) is 0 Å². The van der Waals surface area contributed by atoms with Crippen LogP contribution in [0.3, 0.4) is 0 Å². The van der Waals surface area contributed by atoms with E-state index in [1.165, 1.54) is 11.1 Å². The number of hydrogen-bond acceptors (Lipinski definition) is 15. The van der Waals surface area contributed by atoms with Gasteiger partial charge in [0, 0.05) is 64.9 Å². The minimum atomic E-state index is -1.78. The van der Waals surface area contributed by atoms with E-state index < -0.39 is 58.9 Å². The van der Waals surface area contributed by atoms with Crippen LogP contribution in [0.4, 0.5) is 0 Å². The normalized spacial score (nSPS) is 28.9. The minimum Gasteiger partial charge on any atom is -0.508 e. The summed E-state index contributed by atoms with van der Waals surface area (Å²) in [7, 11) is 8.24. The zero-order valence-electron chi connectivity index (χ0n) is 56.2. The molecule has 6 aliphatic rings. The van der Waals surface area contributed by atoms with Gasteiger partial charge >= 0.3 is 0 Å². The van der Waals surface area contributed by atoms with Crippen LogP contribution >= 0.6 is 43.2 Å². The highest BCUT2D eigenvalue weighted by Gasteiger charge is 2.62. The Labute approximate surface area is 583 Å². The summed E-state index contributed by atoms with van der Waals surface area (Å²) in [5.74, 6) is 1.00. The summed E-state index contributed by atoms with van der Waals surface area (Å²) >= 11 is 0. The number of methoxy groups -OCH3 is 1. The molecule has 3 aliphatic heterocycles. The fourth-order valence-electron chi connectivity index (χ4n) is 18.4. The lowest BCUT2D eigenvalue weighted by molar-refractivity contribution is -0.150. The SMILES string of the molecule is CCc1ccc2cccc3c2c1Cc1c(ccc(O)c1OC)C[C@@H](Cc1cc[nH]c1)[C@H](O)[C@@H]1C(=O)[C@@](c2cc(O)cc([C@]45CCC[C@@H](Cc6cccc(CCC(C)C)c6)[C@H]4CCCN5)c2)([C@H]2CSSC[C@H]4CCCC[C@@H]4Oc4cc2ccc4OCO)[C@H](O)C[C@H]1CSS[C@H]3CO. The number of carbonyl (C=O) groups excluding carboxylic acids is 1. The first-order valence-corrected chi connectivity index (χ1v) is 40.4. The maximum Gasteiger partial charge on any atom is 0.186 e. The van der Waals surface area contributed by atoms with Crippen molar-refractivity contribution in [1.82, 2.24) is 10.3 Å². The van der Waals surface area contributed by atoms with Gasteiger partial charge in [0.05, 0.1) is 36.6 Å². The molecule has 8 N–H and O–H groups in total. The van der Waals surface area contributed by atoms with E-state index in [2.05, 4.69) is 91.7 Å². The lowest BCUT2D eigenvalue weighted by Crippen LogP contribution is -2.63. The lowest BCUT2D eigenvalue weighted by atomic mass is 9.52. The Bertz CT molecular complexity index is 3820. The molecular weight excluding hydrogens is 1280 g/mol. The van der Waals surface area contributed by atoms with E-state index in [9.17, 15) is 30.6 Å². The van der Waals surface area contributed by atoms with Crippen molar-refractivity contribution >= 4 is 59.7 Å². The van der Waals surface area contributed by atoms with Crippen molar-refractivity contribution in [2.45, 2.75) is 170 Å². The van der Waals surface area contributed by atoms with Gasteiger partial charge < -0.3 is 55.2 Å². The van der Waals surface area contributed by atoms with Crippen LogP contribution in [0.25, 0.3) is 10.8 Å². The number of Topliss-reactive ketones (excluding diaryl/α,β-unsaturated/α-hetero) is 1. The number of aromatic hydroxyl groups is 2. The maximum absolute atomic E-state index is 18.1. The van der Waals surface area contributed by atoms with Gasteiger partial charge in [-0.3, -0.25) is 4.79 Å². The van der Waals surface area contributed by atoms with Crippen LogP contribution in [0.5, 0.6) is 28.7 Å². The smallest absolute Gasteiger partial charge is 0.186 e. The average Bonchev–Trinajstić information content (AvgIpc) is 0.737. The molecule has 7 aromatic rings. The molecule has 0 spiro atoms. The molecule has 512 valence electrons. The molecule has 12 nitrogen and oxygen atoms in total. The van der Waals surface area contributed by atoms with E-state index in [-0.39, 0.29) is 48.2 Å². The van der Waals surface area contributed by atoms with Crippen LogP contribution in [0.15, 0.2) is 122 Å². The number of fused-ring (bicyclic) bond motifs is 6. The van der Waals surface area contributed by atoms with Crippen LogP contribution in [-0.4, -0.2) is 104 Å². The number of piperidine rings is 1. The molecule has 96 heavy (non-hydrogen) atoms. The summed E-state index contributed by atoms with van der Waals surface area (Å²) < 4.78 is 19.3. The van der Waals surface area contributed by atoms with Crippen LogP contribution < -0.4 is 19.5 Å². The summed E-state index contributed by atoms with van der Waals surface area (Å²) in [6.45, 7) is 6.80. The fourth-order valence-corrected chi connectivity index (χ4v) is 24.1. The molecule has 13 atom stereocenters. The van der Waals surface area contributed by atoms with Crippen LogP contribution in [0, 0.1) is 41.4 Å². The molecule has 4 fully saturated rings. The van der Waals surface area contributed by atoms with Crippen molar-refractivity contribution < 1.29 is 49.6 Å². The first kappa shape index (κ1) is 69.2. The molecule has 4 heterocycles. The number of carbonyl (C=O) groups is 1. The second-order valence-corrected chi connectivity index (χ2v) is 34.1. The zero-order valence-corrected chi connectivity index (χ0v) is 59.5. The van der Waals surface area contributed by atoms with Gasteiger partial charge in [0.1, 0.15) is 11.9 Å². The number of ketones is 1. The van der Waals surface area contributed by atoms with Gasteiger partial charge in [-0.15, -0.1) is 0 Å². The van der Waals surface area contributed by atoms with E-state index in [1.54, 1.807) is 62.4 Å². The molecule has 16 heteroatoms. The first-order valence-electron chi connectivity index (χ1n) is 35.5. The molecule has 2 bridgehead atoms. The third-order valence-corrected chi connectivity index (χ3v) is 28.4. The van der Waals surface area contributed by atoms with Crippen molar-refractivity contribution in [3.8, 4) is 28.7 Å². The van der Waals surface area contributed by atoms with Crippen LogP contribution in [0.1, 0.15) is 164 Å². The number of rotatable bonds is 15. The molecular formula is C80H98N2O10S4. The molecule has 3 aliphatic carbocycles. The van der Waals surface area contributed by atoms with Crippen LogP contribution in [0.2, 0.25) is 0 Å². The Morgan fingerprint density at radius 3 is 2.40 bits per heavy atom. The summed E-state index contributed by atoms with van der Waals surface area (Å²) in [6, 6.07) is 37.2. The number of nitrogens with one attached hydrogen (secondary N) is 2. The Morgan fingerprint density at radius 1 is 0.771 bits per heavy atom. The maximum atomic E-state index is 18.1. The Hall–Kier alpha value is -5.27. The lowest BCUT2D eigenvalue weighted by Gasteiger charge is -2.54. The number of hydrogen-bond donors (Lipinski definition) is 8. The van der Waals surface area contributed by atoms with Crippen molar-refractivity contribution in [3.63, 3.8) is 0 Å². The zero-order chi connectivity index (χ0) is 66.7. The Morgan fingerprint density at radius 2 is 1.58 bits per heavy atom. The van der Waals surface area contributed by atoms with Gasteiger partial charge in [-0.05, 0) is 229 Å². The highest BCUT2D eigenvalue weighted by molar-refractivity contribution is 8.77. The number of phenolic OH excluding ortho intramolecular Hbond substituents is 2. The number of aliphatic hydroxyl groups is 4. The van der Waals surface area contributed by atoms with E-state index in [4.69, 9.17) is 14.2 Å². The van der Waals surface area contributed by atoms with Crippen molar-refractivity contribution in [2.24, 2.45) is 41.4 Å². The number of aromatic nitrogens is 1. The van der Waals surface area contributed by atoms with Gasteiger partial charge in [0.15, 0.2) is 35.6 Å². The molecule has 0 amide bonds. The predicted octanol–water partition coefficient (Wildman–Crippen LogP) is 15.7. The van der Waals surface area contributed by atoms with Gasteiger partial charge in [-0.1, -0.05) is 150 Å². The number of aromatic amines is 1. The summed E-state index contributed by atoms with van der Waals surface area (Å²) in [4.78, 5) is 21.4. The third kappa shape index (κ3) is 13.9. The predicted molar refractivity (Wildman–Crippen MR) is 392 cm³/mol. The standard InChI is InChI=1S/C80H98N2O10S4/c1-5-52-22-23-53-15-9-17-63-72(43-83)96-95-45-59-37-73(87)80(67-46-94-93-44-57-14-6-7-19-69(57)92-71-36-56(67)25-27-70(71)91-47-84,78(89)75(59)76(88)58(34-51-28-31-81-42-51)35-54-24-26-68(86)77(90-4)65(54)41-64(52)74(53)63)61-38-60(39-62(85)40-61)79-29-10-16-55(66(79)18-11-30-82-79)33-50-13-8-12-49(32-50)21-20-48(2)3/h8-9,12-13,15,17,22-28,31-32,36,38-40,42,48,55,57-59,66-67,69,72-73,75-76,81-88H,5-7,10-11,14,16,18-21,29-30,33-35,37,41,43-47H2,1-4H3/t55-,57+,58+,59-,66+,67-,69-,72-,73+,75+,76-,79+,80-/m0/s1. The quantitative estimate of drug-likeness (QED) is 0.0357. The average molecular weight is 1380 g/mol. The summed E-state index contributed by atoms with van der Waals surface area (Å²) in [5, 5.41) is 81.0. The molecule has 1 aromatic heterocycles. The fraction of sp³-hybridized carbons (Fsp3) is 0.512. The number of aliphatic hydroxyl groups excluding tert-OH is 4. The molecule has 1 saturated heterocycles. The summed E-state index contributed by atoms with van der Waals surface area (Å²) in [6.07, 6.45) is 15.2.